The van der Waals surface area contributed by atoms with E-state index in [0.29, 0.717) is 50.0 Å². The lowest BCUT2D eigenvalue weighted by Crippen LogP contribution is -2.02. The van der Waals surface area contributed by atoms with Gasteiger partial charge < -0.3 is 4.74 Å². The van der Waals surface area contributed by atoms with E-state index in [4.69, 9.17) is 4.74 Å². The average Bonchev–Trinajstić information content (AvgIpc) is 2.61. The summed E-state index contributed by atoms with van der Waals surface area (Å²) in [6, 6.07) is 13.4. The second kappa shape index (κ2) is 9.48. The monoisotopic (exact) mass is 344 g/mol. The zero-order valence-electron chi connectivity index (χ0n) is 13.8. The van der Waals surface area contributed by atoms with E-state index in [1.165, 1.54) is 12.1 Å². The van der Waals surface area contributed by atoms with Crippen LogP contribution in [-0.2, 0) is 17.6 Å². The molecule has 0 fully saturated rings. The maximum Gasteiger partial charge on any atom is 0.272 e. The van der Waals surface area contributed by atoms with Gasteiger partial charge in [0.05, 0.1) is 9.85 Å². The van der Waals surface area contributed by atoms with Gasteiger partial charge in [-0.3, -0.25) is 20.2 Å². The van der Waals surface area contributed by atoms with E-state index in [1.807, 2.05) is 0 Å². The largest absolute Gasteiger partial charge is 0.381 e. The molecule has 0 aliphatic heterocycles. The van der Waals surface area contributed by atoms with Crippen LogP contribution < -0.4 is 0 Å². The highest BCUT2D eigenvalue weighted by Crippen LogP contribution is 2.20. The fourth-order valence-corrected chi connectivity index (χ4v) is 2.63. The Morgan fingerprint density at radius 2 is 1.12 bits per heavy atom. The first-order valence-corrected chi connectivity index (χ1v) is 8.12. The third-order valence-electron chi connectivity index (χ3n) is 3.85. The number of nitro benzene ring substituents is 2. The van der Waals surface area contributed by atoms with Crippen molar-refractivity contribution in [3.8, 4) is 0 Å². The van der Waals surface area contributed by atoms with Crippen LogP contribution in [0.25, 0.3) is 0 Å². The molecule has 0 aromatic heterocycles. The minimum absolute atomic E-state index is 0.138. The molecule has 0 aliphatic rings. The average molecular weight is 344 g/mol. The number of para-hydroxylation sites is 2. The normalized spacial score (nSPS) is 10.6. The molecule has 2 rings (SSSR count). The van der Waals surface area contributed by atoms with Crippen LogP contribution in [0.3, 0.4) is 0 Å². The lowest BCUT2D eigenvalue weighted by Gasteiger charge is -2.06. The number of rotatable bonds is 10. The fraction of sp³-hybridized carbons (Fsp3) is 0.333. The van der Waals surface area contributed by atoms with Gasteiger partial charge >= 0.3 is 0 Å². The fourth-order valence-electron chi connectivity index (χ4n) is 2.63. The summed E-state index contributed by atoms with van der Waals surface area (Å²) in [6.07, 6.45) is 2.55. The Hall–Kier alpha value is -2.80. The van der Waals surface area contributed by atoms with Gasteiger partial charge in [-0.15, -0.1) is 0 Å². The van der Waals surface area contributed by atoms with Crippen molar-refractivity contribution < 1.29 is 14.6 Å². The Morgan fingerprint density at radius 1 is 0.720 bits per heavy atom. The van der Waals surface area contributed by atoms with E-state index in [9.17, 15) is 20.2 Å². The topological polar surface area (TPSA) is 95.5 Å². The summed E-state index contributed by atoms with van der Waals surface area (Å²) in [4.78, 5) is 21.1. The van der Waals surface area contributed by atoms with E-state index in [0.717, 1.165) is 0 Å². The second-order valence-corrected chi connectivity index (χ2v) is 5.59. The third-order valence-corrected chi connectivity index (χ3v) is 3.85. The van der Waals surface area contributed by atoms with Crippen molar-refractivity contribution in [3.63, 3.8) is 0 Å². The van der Waals surface area contributed by atoms with Gasteiger partial charge in [-0.25, -0.2) is 0 Å². The number of nitrogens with zero attached hydrogens (tertiary/aromatic N) is 2. The Balaban J connectivity index is 1.68. The standard InChI is InChI=1S/C18H20N2O5/c21-19(22)17-11-3-1-7-15(17)9-5-13-25-14-6-10-16-8-2-4-12-18(16)20(23)24/h1-4,7-8,11-12H,5-6,9-10,13-14H2. The number of nitro groups is 2. The van der Waals surface area contributed by atoms with Crippen molar-refractivity contribution in [1.29, 1.82) is 0 Å². The summed E-state index contributed by atoms with van der Waals surface area (Å²) in [5, 5.41) is 21.9. The first-order valence-electron chi connectivity index (χ1n) is 8.12. The molecule has 0 heterocycles. The van der Waals surface area contributed by atoms with E-state index in [1.54, 1.807) is 36.4 Å². The summed E-state index contributed by atoms with van der Waals surface area (Å²) >= 11 is 0. The van der Waals surface area contributed by atoms with Crippen LogP contribution in [0.1, 0.15) is 24.0 Å². The van der Waals surface area contributed by atoms with Gasteiger partial charge in [-0.2, -0.15) is 0 Å². The molecule has 0 radical (unpaired) electrons. The molecule has 2 aromatic rings. The van der Waals surface area contributed by atoms with Gasteiger partial charge in [0.15, 0.2) is 0 Å². The molecule has 25 heavy (non-hydrogen) atoms. The van der Waals surface area contributed by atoms with Crippen molar-refractivity contribution in [3.05, 3.63) is 79.9 Å². The number of ether oxygens (including phenoxy) is 1. The maximum atomic E-state index is 10.9. The number of hydrogen-bond donors (Lipinski definition) is 0. The number of hydrogen-bond acceptors (Lipinski definition) is 5. The number of aryl methyl sites for hydroxylation is 2. The van der Waals surface area contributed by atoms with Gasteiger partial charge in [0.2, 0.25) is 0 Å². The predicted molar refractivity (Wildman–Crippen MR) is 93.7 cm³/mol. The molecular weight excluding hydrogens is 324 g/mol. The minimum Gasteiger partial charge on any atom is -0.381 e. The van der Waals surface area contributed by atoms with E-state index in [-0.39, 0.29) is 21.2 Å². The van der Waals surface area contributed by atoms with E-state index in [2.05, 4.69) is 0 Å². The summed E-state index contributed by atoms with van der Waals surface area (Å²) in [5.74, 6) is 0. The van der Waals surface area contributed by atoms with Gasteiger partial charge in [-0.1, -0.05) is 36.4 Å². The second-order valence-electron chi connectivity index (χ2n) is 5.59. The van der Waals surface area contributed by atoms with Crippen LogP contribution in [0.15, 0.2) is 48.5 Å². The first-order chi connectivity index (χ1) is 12.1. The van der Waals surface area contributed by atoms with Crippen LogP contribution in [-0.4, -0.2) is 23.1 Å². The molecule has 7 nitrogen and oxygen atoms in total. The Morgan fingerprint density at radius 3 is 1.52 bits per heavy atom. The molecule has 0 saturated carbocycles. The molecule has 0 N–H and O–H groups in total. The van der Waals surface area contributed by atoms with E-state index < -0.39 is 0 Å². The van der Waals surface area contributed by atoms with Crippen molar-refractivity contribution in [2.75, 3.05) is 13.2 Å². The van der Waals surface area contributed by atoms with Crippen LogP contribution in [0, 0.1) is 20.2 Å². The highest BCUT2D eigenvalue weighted by Gasteiger charge is 2.12. The van der Waals surface area contributed by atoms with Gasteiger partial charge in [-0.05, 0) is 25.7 Å². The summed E-state index contributed by atoms with van der Waals surface area (Å²) in [6.45, 7) is 1.01. The lowest BCUT2D eigenvalue weighted by molar-refractivity contribution is -0.385. The number of benzene rings is 2. The molecule has 7 heteroatoms. The molecule has 0 unspecified atom stereocenters. The van der Waals surface area contributed by atoms with E-state index >= 15 is 0 Å². The maximum absolute atomic E-state index is 10.9. The molecule has 132 valence electrons. The smallest absolute Gasteiger partial charge is 0.272 e. The van der Waals surface area contributed by atoms with Crippen molar-refractivity contribution in [1.82, 2.24) is 0 Å². The highest BCUT2D eigenvalue weighted by atomic mass is 16.6. The third kappa shape index (κ3) is 5.65. The van der Waals surface area contributed by atoms with Crippen molar-refractivity contribution >= 4 is 11.4 Å². The molecule has 0 aliphatic carbocycles. The first kappa shape index (κ1) is 18.5. The Labute approximate surface area is 145 Å². The Kier molecular flexibility index (Phi) is 7.03. The zero-order chi connectivity index (χ0) is 18.1. The van der Waals surface area contributed by atoms with Crippen LogP contribution >= 0.6 is 0 Å². The van der Waals surface area contributed by atoms with Gasteiger partial charge in [0.1, 0.15) is 0 Å². The molecule has 0 spiro atoms. The van der Waals surface area contributed by atoms with Crippen LogP contribution in [0.5, 0.6) is 0 Å². The summed E-state index contributed by atoms with van der Waals surface area (Å²) in [7, 11) is 0. The summed E-state index contributed by atoms with van der Waals surface area (Å²) in [5.41, 5.74) is 1.68. The van der Waals surface area contributed by atoms with Crippen LogP contribution in [0.4, 0.5) is 11.4 Å². The molecule has 0 saturated heterocycles. The van der Waals surface area contributed by atoms with Gasteiger partial charge in [0, 0.05) is 36.5 Å². The van der Waals surface area contributed by atoms with Crippen molar-refractivity contribution in [2.45, 2.75) is 25.7 Å². The van der Waals surface area contributed by atoms with Gasteiger partial charge in [0.25, 0.3) is 11.4 Å². The quantitative estimate of drug-likeness (QED) is 0.367. The zero-order valence-corrected chi connectivity index (χ0v) is 13.8. The predicted octanol–water partition coefficient (Wildman–Crippen LogP) is 4.09. The van der Waals surface area contributed by atoms with Crippen molar-refractivity contribution in [2.24, 2.45) is 0 Å². The lowest BCUT2D eigenvalue weighted by atomic mass is 10.1. The SMILES string of the molecule is O=[N+]([O-])c1ccccc1CCCOCCCc1ccccc1[N+](=O)[O-]. The molecule has 0 atom stereocenters. The minimum atomic E-state index is -0.372. The summed E-state index contributed by atoms with van der Waals surface area (Å²) < 4.78 is 5.54. The Bertz CT molecular complexity index is 671. The molecular formula is C18H20N2O5. The van der Waals surface area contributed by atoms with Crippen LogP contribution in [0.2, 0.25) is 0 Å². The molecule has 2 aromatic carbocycles. The molecule has 0 bridgehead atoms. The highest BCUT2D eigenvalue weighted by molar-refractivity contribution is 5.40. The molecule has 0 amide bonds.